The van der Waals surface area contributed by atoms with Crippen LogP contribution in [0.25, 0.3) is 0 Å². The Hall–Kier alpha value is -2.34. The van der Waals surface area contributed by atoms with Crippen LogP contribution in [0.1, 0.15) is 15.9 Å². The summed E-state index contributed by atoms with van der Waals surface area (Å²) >= 11 is 1.20. The summed E-state index contributed by atoms with van der Waals surface area (Å²) < 4.78 is 12.9. The van der Waals surface area contributed by atoms with E-state index < -0.39 is 5.97 Å². The number of benzene rings is 2. The van der Waals surface area contributed by atoms with Gasteiger partial charge in [-0.1, -0.05) is 35.5 Å². The molecule has 0 amide bonds. The Balaban J connectivity index is 2.15. The van der Waals surface area contributed by atoms with Gasteiger partial charge in [-0.3, -0.25) is 0 Å². The minimum Gasteiger partial charge on any atom is -0.545 e. The molecule has 2 rings (SSSR count). The van der Waals surface area contributed by atoms with Crippen LogP contribution in [0.5, 0.6) is 0 Å². The summed E-state index contributed by atoms with van der Waals surface area (Å²) in [6.07, 6.45) is 0. The van der Waals surface area contributed by atoms with Crippen LogP contribution in [0.3, 0.4) is 0 Å². The molecule has 0 aliphatic carbocycles. The van der Waals surface area contributed by atoms with E-state index >= 15 is 0 Å². The van der Waals surface area contributed by atoms with Crippen LogP contribution in [0.2, 0.25) is 0 Å². The molecule has 0 aliphatic heterocycles. The number of carboxylic acid groups (broad SMARTS) is 1. The van der Waals surface area contributed by atoms with Crippen LogP contribution >= 0.6 is 11.8 Å². The van der Waals surface area contributed by atoms with Gasteiger partial charge in [0.05, 0.1) is 11.7 Å². The molecule has 0 unspecified atom stereocenters. The molecule has 0 bridgehead atoms. The van der Waals surface area contributed by atoms with Gasteiger partial charge in [0.2, 0.25) is 0 Å². The number of rotatable bonds is 5. The highest BCUT2D eigenvalue weighted by Crippen LogP contribution is 2.23. The molecular weight excluding hydrogens is 293 g/mol. The third-order valence-corrected chi connectivity index (χ3v) is 3.85. The van der Waals surface area contributed by atoms with Crippen LogP contribution in [0.4, 0.5) is 4.39 Å². The zero-order valence-electron chi connectivity index (χ0n) is 10.8. The second-order valence-corrected chi connectivity index (χ2v) is 5.14. The molecule has 21 heavy (non-hydrogen) atoms. The number of halogens is 1. The number of nitrogens with zero attached hydrogens (tertiary/aromatic N) is 1. The smallest absolute Gasteiger partial charge is 0.123 e. The molecule has 6 heteroatoms. The van der Waals surface area contributed by atoms with E-state index in [4.69, 9.17) is 5.21 Å². The van der Waals surface area contributed by atoms with Crippen LogP contribution in [0.15, 0.2) is 58.6 Å². The van der Waals surface area contributed by atoms with E-state index in [0.29, 0.717) is 16.2 Å². The predicted octanol–water partition coefficient (Wildman–Crippen LogP) is 2.16. The average Bonchev–Trinajstić information content (AvgIpc) is 2.50. The molecule has 2 aromatic rings. The molecule has 0 saturated heterocycles. The summed E-state index contributed by atoms with van der Waals surface area (Å²) in [7, 11) is 0. The first-order valence-corrected chi connectivity index (χ1v) is 7.00. The number of carbonyl (C=O) groups excluding carboxylic acids is 1. The standard InChI is InChI=1S/C15H12FNO3S/c16-11-7-5-10(6-8-11)13(17-20)9-21-14-4-2-1-3-12(14)15(18)19/h1-8,20H,9H2,(H,18,19)/p-1/b17-13+. The molecule has 108 valence electrons. The molecule has 0 aliphatic rings. The molecule has 2 aromatic carbocycles. The van der Waals surface area contributed by atoms with Gasteiger partial charge in [0.1, 0.15) is 5.82 Å². The van der Waals surface area contributed by atoms with Crippen molar-refractivity contribution in [3.63, 3.8) is 0 Å². The van der Waals surface area contributed by atoms with Crippen molar-refractivity contribution in [2.24, 2.45) is 5.16 Å². The van der Waals surface area contributed by atoms with Crippen LogP contribution < -0.4 is 5.11 Å². The van der Waals surface area contributed by atoms with E-state index in [1.807, 2.05) is 0 Å². The van der Waals surface area contributed by atoms with Crippen LogP contribution in [-0.2, 0) is 0 Å². The molecule has 0 heterocycles. The normalized spacial score (nSPS) is 11.4. The number of hydrogen-bond donors (Lipinski definition) is 1. The van der Waals surface area contributed by atoms with Gasteiger partial charge in [-0.15, -0.1) is 11.8 Å². The largest absolute Gasteiger partial charge is 0.545 e. The number of oxime groups is 1. The maximum atomic E-state index is 12.9. The lowest BCUT2D eigenvalue weighted by atomic mass is 10.1. The number of hydrogen-bond acceptors (Lipinski definition) is 5. The number of aromatic carboxylic acids is 1. The highest BCUT2D eigenvalue weighted by atomic mass is 32.2. The highest BCUT2D eigenvalue weighted by molar-refractivity contribution is 8.00. The molecular formula is C15H11FNO3S-. The fourth-order valence-corrected chi connectivity index (χ4v) is 2.72. The molecule has 0 saturated carbocycles. The first kappa shape index (κ1) is 15.1. The lowest BCUT2D eigenvalue weighted by Gasteiger charge is -2.10. The first-order valence-electron chi connectivity index (χ1n) is 6.02. The van der Waals surface area contributed by atoms with Crippen molar-refractivity contribution in [1.29, 1.82) is 0 Å². The van der Waals surface area contributed by atoms with E-state index in [0.717, 1.165) is 0 Å². The quantitative estimate of drug-likeness (QED) is 0.397. The second kappa shape index (κ2) is 6.90. The second-order valence-electron chi connectivity index (χ2n) is 4.13. The van der Waals surface area contributed by atoms with Gasteiger partial charge in [-0.05, 0) is 18.2 Å². The maximum absolute atomic E-state index is 12.9. The molecule has 0 atom stereocenters. The Morgan fingerprint density at radius 2 is 1.86 bits per heavy atom. The summed E-state index contributed by atoms with van der Waals surface area (Å²) in [6, 6.07) is 11.9. The Morgan fingerprint density at radius 1 is 1.19 bits per heavy atom. The zero-order chi connectivity index (χ0) is 15.2. The van der Waals surface area contributed by atoms with Gasteiger partial charge < -0.3 is 15.1 Å². The van der Waals surface area contributed by atoms with E-state index in [-0.39, 0.29) is 17.1 Å². The van der Waals surface area contributed by atoms with Gasteiger partial charge in [0, 0.05) is 21.8 Å². The lowest BCUT2D eigenvalue weighted by Crippen LogP contribution is -2.23. The minimum atomic E-state index is -1.26. The molecule has 0 radical (unpaired) electrons. The van der Waals surface area contributed by atoms with Gasteiger partial charge in [0.25, 0.3) is 0 Å². The number of carboxylic acids is 1. The van der Waals surface area contributed by atoms with Crippen molar-refractivity contribution in [3.8, 4) is 0 Å². The third-order valence-electron chi connectivity index (χ3n) is 2.77. The van der Waals surface area contributed by atoms with Crippen molar-refractivity contribution in [1.82, 2.24) is 0 Å². The fourth-order valence-electron chi connectivity index (χ4n) is 1.72. The van der Waals surface area contributed by atoms with Crippen LogP contribution in [-0.4, -0.2) is 22.6 Å². The predicted molar refractivity (Wildman–Crippen MR) is 76.2 cm³/mol. The Labute approximate surface area is 124 Å². The Kier molecular flexibility index (Phi) is 4.94. The molecule has 0 fully saturated rings. The van der Waals surface area contributed by atoms with E-state index in [2.05, 4.69) is 5.16 Å². The Bertz CT molecular complexity index is 671. The van der Waals surface area contributed by atoms with Gasteiger partial charge >= 0.3 is 0 Å². The monoisotopic (exact) mass is 304 g/mol. The molecule has 1 N–H and O–H groups in total. The maximum Gasteiger partial charge on any atom is 0.123 e. The van der Waals surface area contributed by atoms with Crippen LogP contribution in [0, 0.1) is 5.82 Å². The third kappa shape index (κ3) is 3.82. The molecule has 0 spiro atoms. The van der Waals surface area contributed by atoms with Crippen molar-refractivity contribution in [2.75, 3.05) is 5.75 Å². The van der Waals surface area contributed by atoms with E-state index in [1.54, 1.807) is 18.2 Å². The number of thioether (sulfide) groups is 1. The molecule has 4 nitrogen and oxygen atoms in total. The van der Waals surface area contributed by atoms with Crippen molar-refractivity contribution < 1.29 is 19.5 Å². The van der Waals surface area contributed by atoms with E-state index in [1.165, 1.54) is 42.1 Å². The fraction of sp³-hybridized carbons (Fsp3) is 0.0667. The summed E-state index contributed by atoms with van der Waals surface area (Å²) in [5.74, 6) is -1.40. The Morgan fingerprint density at radius 3 is 2.48 bits per heavy atom. The topological polar surface area (TPSA) is 72.7 Å². The van der Waals surface area contributed by atoms with Crippen molar-refractivity contribution >= 4 is 23.4 Å². The zero-order valence-corrected chi connectivity index (χ0v) is 11.6. The highest BCUT2D eigenvalue weighted by Gasteiger charge is 2.09. The van der Waals surface area contributed by atoms with Crippen molar-refractivity contribution in [3.05, 3.63) is 65.5 Å². The lowest BCUT2D eigenvalue weighted by molar-refractivity contribution is -0.255. The minimum absolute atomic E-state index is 0.0823. The molecule has 0 aromatic heterocycles. The van der Waals surface area contributed by atoms with E-state index in [9.17, 15) is 14.3 Å². The summed E-state index contributed by atoms with van der Waals surface area (Å²) in [5, 5.41) is 23.2. The summed E-state index contributed by atoms with van der Waals surface area (Å²) in [6.45, 7) is 0. The average molecular weight is 304 g/mol. The van der Waals surface area contributed by atoms with Gasteiger partial charge in [0.15, 0.2) is 0 Å². The number of carbonyl (C=O) groups is 1. The summed E-state index contributed by atoms with van der Waals surface area (Å²) in [4.78, 5) is 11.5. The SMILES string of the molecule is O=C([O-])c1ccccc1SC/C(=N\O)c1ccc(F)cc1. The van der Waals surface area contributed by atoms with Gasteiger partial charge in [-0.25, -0.2) is 4.39 Å². The van der Waals surface area contributed by atoms with Crippen molar-refractivity contribution in [2.45, 2.75) is 4.90 Å². The first-order chi connectivity index (χ1) is 10.1. The summed E-state index contributed by atoms with van der Waals surface area (Å²) in [5.41, 5.74) is 0.976. The van der Waals surface area contributed by atoms with Gasteiger partial charge in [-0.2, -0.15) is 0 Å².